The second-order valence-electron chi connectivity index (χ2n) is 6.97. The molecule has 4 N–H and O–H groups in total. The summed E-state index contributed by atoms with van der Waals surface area (Å²) in [5.41, 5.74) is 8.00. The molecule has 4 nitrogen and oxygen atoms in total. The minimum absolute atomic E-state index is 0.0334. The second kappa shape index (κ2) is 6.48. The maximum atomic E-state index is 12.1. The first-order valence-corrected chi connectivity index (χ1v) is 7.79. The van der Waals surface area contributed by atoms with Gasteiger partial charge in [0.2, 0.25) is 0 Å². The van der Waals surface area contributed by atoms with Crippen molar-refractivity contribution < 1.29 is 4.79 Å². The Hall–Kier alpha value is -1.55. The number of hydrogen-bond donors (Lipinski definition) is 3. The number of benzene rings is 1. The monoisotopic (exact) mass is 289 g/mol. The number of anilines is 1. The zero-order valence-corrected chi connectivity index (χ0v) is 13.3. The zero-order chi connectivity index (χ0) is 15.5. The van der Waals surface area contributed by atoms with Crippen molar-refractivity contribution in [1.82, 2.24) is 5.32 Å². The van der Waals surface area contributed by atoms with Gasteiger partial charge in [0.05, 0.1) is 0 Å². The SMILES string of the molecule is CC(N)c1cccc(NC(=O)NC2CCCC(C)(C)C2)c1. The quantitative estimate of drug-likeness (QED) is 0.792. The smallest absolute Gasteiger partial charge is 0.319 e. The second-order valence-corrected chi connectivity index (χ2v) is 6.97. The van der Waals surface area contributed by atoms with Gasteiger partial charge in [-0.1, -0.05) is 32.4 Å². The first kappa shape index (κ1) is 15.8. The van der Waals surface area contributed by atoms with Crippen LogP contribution in [0.25, 0.3) is 0 Å². The molecular weight excluding hydrogens is 262 g/mol. The van der Waals surface area contributed by atoms with Crippen LogP contribution in [0.4, 0.5) is 10.5 Å². The molecule has 1 aliphatic carbocycles. The van der Waals surface area contributed by atoms with Gasteiger partial charge in [0.1, 0.15) is 0 Å². The lowest BCUT2D eigenvalue weighted by Gasteiger charge is -2.35. The minimum Gasteiger partial charge on any atom is -0.335 e. The number of carbonyl (C=O) groups excluding carboxylic acids is 1. The Morgan fingerprint density at radius 3 is 2.86 bits per heavy atom. The predicted molar refractivity (Wildman–Crippen MR) is 87.2 cm³/mol. The van der Waals surface area contributed by atoms with E-state index in [0.717, 1.165) is 24.1 Å². The number of nitrogens with one attached hydrogen (secondary N) is 2. The number of hydrogen-bond acceptors (Lipinski definition) is 2. The third-order valence-electron chi connectivity index (χ3n) is 4.21. The average Bonchev–Trinajstić information content (AvgIpc) is 2.37. The Morgan fingerprint density at radius 1 is 1.43 bits per heavy atom. The Bertz CT molecular complexity index is 497. The molecule has 0 aliphatic heterocycles. The Balaban J connectivity index is 1.91. The predicted octanol–water partition coefficient (Wildman–Crippen LogP) is 3.80. The molecule has 21 heavy (non-hydrogen) atoms. The Kier molecular flexibility index (Phi) is 4.88. The van der Waals surface area contributed by atoms with E-state index in [2.05, 4.69) is 24.5 Å². The van der Waals surface area contributed by atoms with Gasteiger partial charge >= 0.3 is 6.03 Å². The van der Waals surface area contributed by atoms with E-state index >= 15 is 0 Å². The molecule has 0 radical (unpaired) electrons. The van der Waals surface area contributed by atoms with E-state index in [4.69, 9.17) is 5.73 Å². The lowest BCUT2D eigenvalue weighted by Crippen LogP contribution is -2.42. The summed E-state index contributed by atoms with van der Waals surface area (Å²) in [6.45, 7) is 6.47. The van der Waals surface area contributed by atoms with Crippen molar-refractivity contribution >= 4 is 11.7 Å². The molecule has 1 fully saturated rings. The molecular formula is C17H27N3O. The number of nitrogens with two attached hydrogens (primary N) is 1. The largest absolute Gasteiger partial charge is 0.335 e. The number of rotatable bonds is 3. The highest BCUT2D eigenvalue weighted by Crippen LogP contribution is 2.35. The third-order valence-corrected chi connectivity index (χ3v) is 4.21. The van der Waals surface area contributed by atoms with Crippen LogP contribution in [0, 0.1) is 5.41 Å². The Labute approximate surface area is 127 Å². The molecule has 2 unspecified atom stereocenters. The maximum absolute atomic E-state index is 12.1. The van der Waals surface area contributed by atoms with Crippen LogP contribution in [0.3, 0.4) is 0 Å². The lowest BCUT2D eigenvalue weighted by molar-refractivity contribution is 0.196. The summed E-state index contributed by atoms with van der Waals surface area (Å²) in [6, 6.07) is 7.81. The van der Waals surface area contributed by atoms with E-state index in [9.17, 15) is 4.79 Å². The number of amides is 2. The van der Waals surface area contributed by atoms with Crippen LogP contribution in [0.2, 0.25) is 0 Å². The molecule has 0 bridgehead atoms. The molecule has 1 aromatic rings. The summed E-state index contributed by atoms with van der Waals surface area (Å²) >= 11 is 0. The van der Waals surface area contributed by atoms with Crippen LogP contribution in [-0.4, -0.2) is 12.1 Å². The van der Waals surface area contributed by atoms with Gasteiger partial charge in [-0.3, -0.25) is 0 Å². The van der Waals surface area contributed by atoms with Crippen molar-refractivity contribution in [2.75, 3.05) is 5.32 Å². The molecule has 0 saturated heterocycles. The maximum Gasteiger partial charge on any atom is 0.319 e. The molecule has 0 aromatic heterocycles. The molecule has 4 heteroatoms. The lowest BCUT2D eigenvalue weighted by atomic mass is 9.75. The molecule has 2 atom stereocenters. The molecule has 116 valence electrons. The molecule has 2 amide bonds. The van der Waals surface area contributed by atoms with Crippen molar-refractivity contribution in [2.45, 2.75) is 58.5 Å². The first-order valence-electron chi connectivity index (χ1n) is 7.79. The van der Waals surface area contributed by atoms with E-state index in [1.807, 2.05) is 31.2 Å². The van der Waals surface area contributed by atoms with Gasteiger partial charge in [-0.2, -0.15) is 0 Å². The van der Waals surface area contributed by atoms with Crippen molar-refractivity contribution in [3.8, 4) is 0 Å². The normalized spacial score (nSPS) is 22.4. The Morgan fingerprint density at radius 2 is 2.19 bits per heavy atom. The fourth-order valence-electron chi connectivity index (χ4n) is 3.07. The summed E-state index contributed by atoms with van der Waals surface area (Å²) in [5.74, 6) is 0. The van der Waals surface area contributed by atoms with Crippen LogP contribution in [-0.2, 0) is 0 Å². The van der Waals surface area contributed by atoms with Gasteiger partial charge in [-0.15, -0.1) is 0 Å². The van der Waals surface area contributed by atoms with Crippen molar-refractivity contribution in [1.29, 1.82) is 0 Å². The van der Waals surface area contributed by atoms with Gasteiger partial charge < -0.3 is 16.4 Å². The minimum atomic E-state index is -0.125. The van der Waals surface area contributed by atoms with Gasteiger partial charge in [0.15, 0.2) is 0 Å². The highest BCUT2D eigenvalue weighted by atomic mass is 16.2. The fourth-order valence-corrected chi connectivity index (χ4v) is 3.07. The highest BCUT2D eigenvalue weighted by Gasteiger charge is 2.28. The summed E-state index contributed by atoms with van der Waals surface area (Å²) in [6.07, 6.45) is 4.53. The van der Waals surface area contributed by atoms with E-state index < -0.39 is 0 Å². The van der Waals surface area contributed by atoms with Gasteiger partial charge in [-0.05, 0) is 49.3 Å². The van der Waals surface area contributed by atoms with E-state index in [0.29, 0.717) is 5.41 Å². The van der Waals surface area contributed by atoms with Gasteiger partial charge in [0.25, 0.3) is 0 Å². The van der Waals surface area contributed by atoms with Crippen LogP contribution < -0.4 is 16.4 Å². The number of urea groups is 1. The van der Waals surface area contributed by atoms with Crippen LogP contribution in [0.15, 0.2) is 24.3 Å². The van der Waals surface area contributed by atoms with Crippen LogP contribution in [0.5, 0.6) is 0 Å². The molecule has 0 spiro atoms. The zero-order valence-electron chi connectivity index (χ0n) is 13.3. The van der Waals surface area contributed by atoms with Gasteiger partial charge in [-0.25, -0.2) is 4.79 Å². The molecule has 0 heterocycles. The third kappa shape index (κ3) is 4.74. The first-order chi connectivity index (χ1) is 9.85. The summed E-state index contributed by atoms with van der Waals surface area (Å²) in [7, 11) is 0. The van der Waals surface area contributed by atoms with Crippen LogP contribution in [0.1, 0.15) is 58.1 Å². The van der Waals surface area contributed by atoms with Crippen molar-refractivity contribution in [3.05, 3.63) is 29.8 Å². The average molecular weight is 289 g/mol. The van der Waals surface area contributed by atoms with Gasteiger partial charge in [0, 0.05) is 17.8 Å². The number of carbonyl (C=O) groups is 1. The molecule has 2 rings (SSSR count). The van der Waals surface area contributed by atoms with Crippen molar-refractivity contribution in [2.24, 2.45) is 11.1 Å². The standard InChI is InChI=1S/C17H27N3O/c1-12(18)13-6-4-7-14(10-13)19-16(21)20-15-8-5-9-17(2,3)11-15/h4,6-7,10,12,15H,5,8-9,11,18H2,1-3H3,(H2,19,20,21). The summed E-state index contributed by atoms with van der Waals surface area (Å²) < 4.78 is 0. The van der Waals surface area contributed by atoms with Crippen LogP contribution >= 0.6 is 0 Å². The molecule has 1 saturated carbocycles. The topological polar surface area (TPSA) is 67.1 Å². The van der Waals surface area contributed by atoms with E-state index in [-0.39, 0.29) is 18.1 Å². The fraction of sp³-hybridized carbons (Fsp3) is 0.588. The highest BCUT2D eigenvalue weighted by molar-refractivity contribution is 5.89. The van der Waals surface area contributed by atoms with Crippen molar-refractivity contribution in [3.63, 3.8) is 0 Å². The molecule has 1 aromatic carbocycles. The van der Waals surface area contributed by atoms with E-state index in [1.165, 1.54) is 12.8 Å². The summed E-state index contributed by atoms with van der Waals surface area (Å²) in [5, 5.41) is 6.00. The van der Waals surface area contributed by atoms with E-state index in [1.54, 1.807) is 0 Å². The summed E-state index contributed by atoms with van der Waals surface area (Å²) in [4.78, 5) is 12.1. The molecule has 1 aliphatic rings.